The van der Waals surface area contributed by atoms with E-state index in [1.54, 1.807) is 7.11 Å². The number of methoxy groups -OCH3 is 1. The van der Waals surface area contributed by atoms with Crippen molar-refractivity contribution in [2.75, 3.05) is 7.11 Å². The van der Waals surface area contributed by atoms with Gasteiger partial charge >= 0.3 is 0 Å². The molecule has 0 unspecified atom stereocenters. The second-order valence-corrected chi connectivity index (χ2v) is 10.6. The smallest absolute Gasteiger partial charge is 0.252 e. The molecule has 0 amide bonds. The first-order valence-electron chi connectivity index (χ1n) is 13.7. The molecule has 1 fully saturated rings. The topological polar surface area (TPSA) is 88.9 Å². The molecule has 2 heterocycles. The van der Waals surface area contributed by atoms with Crippen LogP contribution < -0.4 is 10.3 Å². The van der Waals surface area contributed by atoms with Crippen LogP contribution in [0.5, 0.6) is 5.75 Å². The normalized spacial score (nSPS) is 15.3. The summed E-state index contributed by atoms with van der Waals surface area (Å²) >= 11 is 0. The lowest BCUT2D eigenvalue weighted by atomic mass is 9.95. The van der Waals surface area contributed by atoms with Crippen molar-refractivity contribution in [2.24, 2.45) is 0 Å². The summed E-state index contributed by atoms with van der Waals surface area (Å²) < 4.78 is 7.43. The summed E-state index contributed by atoms with van der Waals surface area (Å²) in [4.78, 5) is 18.8. The number of rotatable bonds is 9. The van der Waals surface area contributed by atoms with Gasteiger partial charge in [-0.2, -0.15) is 0 Å². The van der Waals surface area contributed by atoms with Gasteiger partial charge in [0.05, 0.1) is 24.7 Å². The minimum absolute atomic E-state index is 0.0391. The van der Waals surface area contributed by atoms with Crippen LogP contribution in [-0.2, 0) is 13.1 Å². The predicted octanol–water partition coefficient (Wildman–Crippen LogP) is 5.80. The number of ether oxygens (including phenoxy) is 1. The Morgan fingerprint density at radius 3 is 2.50 bits per heavy atom. The molecule has 1 N–H and O–H groups in total. The molecule has 8 heteroatoms. The van der Waals surface area contributed by atoms with Gasteiger partial charge in [0.25, 0.3) is 5.56 Å². The van der Waals surface area contributed by atoms with Crippen molar-refractivity contribution >= 4 is 10.9 Å². The second-order valence-electron chi connectivity index (χ2n) is 10.6. The zero-order valence-electron chi connectivity index (χ0n) is 22.9. The summed E-state index contributed by atoms with van der Waals surface area (Å²) in [5.41, 5.74) is 4.97. The number of aromatic nitrogens is 5. The fourth-order valence-electron chi connectivity index (χ4n) is 5.81. The summed E-state index contributed by atoms with van der Waals surface area (Å²) in [5, 5.41) is 14.2. The number of fused-ring (bicyclic) bond motifs is 1. The first-order valence-corrected chi connectivity index (χ1v) is 13.7. The molecule has 2 aromatic carbocycles. The summed E-state index contributed by atoms with van der Waals surface area (Å²) in [6.07, 6.45) is 6.74. The number of tetrazole rings is 1. The molecule has 0 radical (unpaired) electrons. The number of hydrogen-bond donors (Lipinski definition) is 1. The maximum atomic E-state index is 13.3. The van der Waals surface area contributed by atoms with E-state index in [-0.39, 0.29) is 11.6 Å². The number of pyridine rings is 1. The SMILES string of the molecule is CC[C@@H](c1nnnn1C1CCCCC1)N(Cc1ccc(OC)cc1)Cc1cc2c(C)ccc(C)c2[nH]c1=O. The number of nitrogens with one attached hydrogen (secondary N) is 1. The lowest BCUT2D eigenvalue weighted by molar-refractivity contribution is 0.155. The zero-order valence-corrected chi connectivity index (χ0v) is 22.9. The number of aromatic amines is 1. The highest BCUT2D eigenvalue weighted by atomic mass is 16.5. The van der Waals surface area contributed by atoms with Gasteiger partial charge in [-0.1, -0.05) is 50.5 Å². The van der Waals surface area contributed by atoms with E-state index in [2.05, 4.69) is 74.3 Å². The first-order chi connectivity index (χ1) is 18.5. The van der Waals surface area contributed by atoms with Crippen molar-refractivity contribution in [1.29, 1.82) is 0 Å². The van der Waals surface area contributed by atoms with Crippen molar-refractivity contribution in [3.63, 3.8) is 0 Å². The molecule has 5 rings (SSSR count). The van der Waals surface area contributed by atoms with Crippen molar-refractivity contribution in [2.45, 2.75) is 84.5 Å². The largest absolute Gasteiger partial charge is 0.497 e. The number of aryl methyl sites for hydroxylation is 2. The zero-order chi connectivity index (χ0) is 26.6. The van der Waals surface area contributed by atoms with E-state index in [0.29, 0.717) is 19.1 Å². The lowest BCUT2D eigenvalue weighted by Gasteiger charge is -2.32. The van der Waals surface area contributed by atoms with Crippen molar-refractivity contribution in [3.05, 3.63) is 80.9 Å². The second kappa shape index (κ2) is 11.5. The van der Waals surface area contributed by atoms with E-state index >= 15 is 0 Å². The van der Waals surface area contributed by atoms with Crippen molar-refractivity contribution < 1.29 is 4.74 Å². The Morgan fingerprint density at radius 1 is 1.05 bits per heavy atom. The summed E-state index contributed by atoms with van der Waals surface area (Å²) in [5.74, 6) is 1.71. The minimum Gasteiger partial charge on any atom is -0.497 e. The number of benzene rings is 2. The fourth-order valence-corrected chi connectivity index (χ4v) is 5.81. The minimum atomic E-state index is -0.0485. The molecule has 8 nitrogen and oxygen atoms in total. The van der Waals surface area contributed by atoms with E-state index in [1.807, 2.05) is 19.1 Å². The van der Waals surface area contributed by atoms with Gasteiger partial charge in [-0.05, 0) is 78.4 Å². The Balaban J connectivity index is 1.54. The average Bonchev–Trinajstić information content (AvgIpc) is 3.42. The number of hydrogen-bond acceptors (Lipinski definition) is 6. The Kier molecular flexibility index (Phi) is 7.88. The van der Waals surface area contributed by atoms with Crippen LogP contribution in [-0.4, -0.2) is 37.2 Å². The molecular formula is C30H38N6O2. The molecule has 0 aliphatic heterocycles. The van der Waals surface area contributed by atoms with E-state index < -0.39 is 0 Å². The molecule has 1 aliphatic rings. The molecule has 0 saturated heterocycles. The summed E-state index contributed by atoms with van der Waals surface area (Å²) in [7, 11) is 1.68. The van der Waals surface area contributed by atoms with Crippen LogP contribution in [0.3, 0.4) is 0 Å². The van der Waals surface area contributed by atoms with Gasteiger partial charge in [0.2, 0.25) is 0 Å². The monoisotopic (exact) mass is 514 g/mol. The van der Waals surface area contributed by atoms with E-state index in [4.69, 9.17) is 4.74 Å². The first kappa shape index (κ1) is 26.1. The highest BCUT2D eigenvalue weighted by Gasteiger charge is 2.29. The van der Waals surface area contributed by atoms with E-state index in [9.17, 15) is 4.79 Å². The predicted molar refractivity (Wildman–Crippen MR) is 149 cm³/mol. The molecule has 0 bridgehead atoms. The summed E-state index contributed by atoms with van der Waals surface area (Å²) in [6, 6.07) is 14.7. The van der Waals surface area contributed by atoms with Crippen LogP contribution in [0.2, 0.25) is 0 Å². The van der Waals surface area contributed by atoms with E-state index in [0.717, 1.165) is 64.0 Å². The Bertz CT molecular complexity index is 1440. The highest BCUT2D eigenvalue weighted by Crippen LogP contribution is 2.33. The quantitative estimate of drug-likeness (QED) is 0.304. The highest BCUT2D eigenvalue weighted by molar-refractivity contribution is 5.85. The maximum Gasteiger partial charge on any atom is 0.252 e. The lowest BCUT2D eigenvalue weighted by Crippen LogP contribution is -2.33. The van der Waals surface area contributed by atoms with Gasteiger partial charge in [-0.25, -0.2) is 4.68 Å². The molecular weight excluding hydrogens is 476 g/mol. The van der Waals surface area contributed by atoms with Gasteiger partial charge in [0.15, 0.2) is 5.82 Å². The van der Waals surface area contributed by atoms with Crippen molar-refractivity contribution in [3.8, 4) is 5.75 Å². The van der Waals surface area contributed by atoms with E-state index in [1.165, 1.54) is 19.3 Å². The van der Waals surface area contributed by atoms with Crippen LogP contribution in [0.25, 0.3) is 10.9 Å². The third-order valence-electron chi connectivity index (χ3n) is 8.00. The van der Waals surface area contributed by atoms with Crippen LogP contribution >= 0.6 is 0 Å². The van der Waals surface area contributed by atoms with Gasteiger partial charge < -0.3 is 9.72 Å². The average molecular weight is 515 g/mol. The number of H-pyrrole nitrogens is 1. The number of nitrogens with zero attached hydrogens (tertiary/aromatic N) is 5. The van der Waals surface area contributed by atoms with Gasteiger partial charge in [-0.3, -0.25) is 9.69 Å². The van der Waals surface area contributed by atoms with Crippen LogP contribution in [0.15, 0.2) is 47.3 Å². The third kappa shape index (κ3) is 5.36. The molecule has 38 heavy (non-hydrogen) atoms. The molecule has 0 spiro atoms. The van der Waals surface area contributed by atoms with Gasteiger partial charge in [0, 0.05) is 24.0 Å². The fraction of sp³-hybridized carbons (Fsp3) is 0.467. The van der Waals surface area contributed by atoms with Gasteiger partial charge in [-0.15, -0.1) is 5.10 Å². The standard InChI is InChI=1S/C30H38N6O2/c1-5-27(29-32-33-34-36(29)24-9-7-6-8-10-24)35(18-22-13-15-25(38-4)16-14-22)19-23-17-26-20(2)11-12-21(3)28(26)31-30(23)37/h11-17,24,27H,5-10,18-19H2,1-4H3,(H,31,37)/t27-/m0/s1. The Morgan fingerprint density at radius 2 is 1.79 bits per heavy atom. The Labute approximate surface area is 224 Å². The molecule has 1 aliphatic carbocycles. The summed E-state index contributed by atoms with van der Waals surface area (Å²) in [6.45, 7) is 7.44. The third-order valence-corrected chi connectivity index (χ3v) is 8.00. The molecule has 1 atom stereocenters. The van der Waals surface area contributed by atoms with Crippen LogP contribution in [0.4, 0.5) is 0 Å². The molecule has 2 aromatic heterocycles. The Hall–Kier alpha value is -3.52. The van der Waals surface area contributed by atoms with Crippen LogP contribution in [0.1, 0.15) is 85.6 Å². The van der Waals surface area contributed by atoms with Crippen molar-refractivity contribution in [1.82, 2.24) is 30.1 Å². The van der Waals surface area contributed by atoms with Crippen LogP contribution in [0, 0.1) is 13.8 Å². The molecule has 200 valence electrons. The maximum absolute atomic E-state index is 13.3. The molecule has 1 saturated carbocycles. The molecule has 4 aromatic rings. The van der Waals surface area contributed by atoms with Gasteiger partial charge in [0.1, 0.15) is 5.75 Å².